The minimum absolute atomic E-state index is 0.0409. The molecular formula is C19H29N3O2. The topological polar surface area (TPSA) is 44.8 Å². The first kappa shape index (κ1) is 17.1. The summed E-state index contributed by atoms with van der Waals surface area (Å²) in [4.78, 5) is 17.3. The van der Waals surface area contributed by atoms with E-state index in [1.165, 1.54) is 0 Å². The summed E-state index contributed by atoms with van der Waals surface area (Å²) in [5, 5.41) is 3.44. The van der Waals surface area contributed by atoms with E-state index in [0.717, 1.165) is 57.0 Å². The fourth-order valence-corrected chi connectivity index (χ4v) is 3.81. The molecule has 24 heavy (non-hydrogen) atoms. The molecule has 2 aliphatic rings. The number of piperazine rings is 1. The molecular weight excluding hydrogens is 302 g/mol. The number of hydrogen-bond acceptors (Lipinski definition) is 4. The SMILES string of the molecule is COc1cccc(N2CCN(C(=O)C3NCCCC3(C)C)CC2)c1. The fourth-order valence-electron chi connectivity index (χ4n) is 3.81. The quantitative estimate of drug-likeness (QED) is 0.921. The normalized spacial score (nSPS) is 23.9. The molecule has 1 unspecified atom stereocenters. The number of anilines is 1. The summed E-state index contributed by atoms with van der Waals surface area (Å²) >= 11 is 0. The van der Waals surface area contributed by atoms with Crippen molar-refractivity contribution in [2.75, 3.05) is 44.7 Å². The van der Waals surface area contributed by atoms with Crippen LogP contribution in [-0.2, 0) is 4.79 Å². The van der Waals surface area contributed by atoms with Crippen LogP contribution < -0.4 is 15.0 Å². The summed E-state index contributed by atoms with van der Waals surface area (Å²) in [6, 6.07) is 8.09. The Labute approximate surface area is 145 Å². The monoisotopic (exact) mass is 331 g/mol. The molecule has 2 heterocycles. The lowest BCUT2D eigenvalue weighted by Gasteiger charge is -2.43. The number of hydrogen-bond donors (Lipinski definition) is 1. The van der Waals surface area contributed by atoms with Crippen LogP contribution in [0.3, 0.4) is 0 Å². The van der Waals surface area contributed by atoms with Crippen LogP contribution in [0.25, 0.3) is 0 Å². The van der Waals surface area contributed by atoms with Crippen molar-refractivity contribution in [1.82, 2.24) is 10.2 Å². The Bertz CT molecular complexity index is 580. The van der Waals surface area contributed by atoms with Gasteiger partial charge in [-0.25, -0.2) is 0 Å². The number of methoxy groups -OCH3 is 1. The summed E-state index contributed by atoms with van der Waals surface area (Å²) in [5.41, 5.74) is 1.21. The van der Waals surface area contributed by atoms with Crippen molar-refractivity contribution in [3.8, 4) is 5.75 Å². The van der Waals surface area contributed by atoms with E-state index in [0.29, 0.717) is 0 Å². The molecule has 5 nitrogen and oxygen atoms in total. The van der Waals surface area contributed by atoms with Gasteiger partial charge in [0.05, 0.1) is 13.2 Å². The Morgan fingerprint density at radius 3 is 2.67 bits per heavy atom. The zero-order valence-corrected chi connectivity index (χ0v) is 15.0. The number of nitrogens with one attached hydrogen (secondary N) is 1. The van der Waals surface area contributed by atoms with Crippen LogP contribution in [0.5, 0.6) is 5.75 Å². The average molecular weight is 331 g/mol. The van der Waals surface area contributed by atoms with Crippen LogP contribution in [0.15, 0.2) is 24.3 Å². The number of piperidine rings is 1. The van der Waals surface area contributed by atoms with Gasteiger partial charge in [0.15, 0.2) is 0 Å². The predicted octanol–water partition coefficient (Wildman–Crippen LogP) is 2.12. The molecule has 1 amide bonds. The van der Waals surface area contributed by atoms with E-state index < -0.39 is 0 Å². The number of rotatable bonds is 3. The first-order chi connectivity index (χ1) is 11.5. The maximum absolute atomic E-state index is 12.9. The van der Waals surface area contributed by atoms with Crippen molar-refractivity contribution in [1.29, 1.82) is 0 Å². The number of carbonyl (C=O) groups excluding carboxylic acids is 1. The average Bonchev–Trinajstić information content (AvgIpc) is 2.61. The lowest BCUT2D eigenvalue weighted by Crippen LogP contribution is -2.59. The Morgan fingerprint density at radius 2 is 2.00 bits per heavy atom. The van der Waals surface area contributed by atoms with Gasteiger partial charge in [-0.15, -0.1) is 0 Å². The third-order valence-corrected chi connectivity index (χ3v) is 5.38. The van der Waals surface area contributed by atoms with Crippen molar-refractivity contribution in [3.05, 3.63) is 24.3 Å². The highest BCUT2D eigenvalue weighted by Crippen LogP contribution is 2.31. The zero-order chi connectivity index (χ0) is 17.2. The van der Waals surface area contributed by atoms with Gasteiger partial charge in [0, 0.05) is 37.9 Å². The van der Waals surface area contributed by atoms with Gasteiger partial charge >= 0.3 is 0 Å². The Hall–Kier alpha value is -1.75. The van der Waals surface area contributed by atoms with Crippen molar-refractivity contribution >= 4 is 11.6 Å². The molecule has 132 valence electrons. The largest absolute Gasteiger partial charge is 0.497 e. The first-order valence-electron chi connectivity index (χ1n) is 8.92. The van der Waals surface area contributed by atoms with Crippen LogP contribution in [0.2, 0.25) is 0 Å². The van der Waals surface area contributed by atoms with Gasteiger partial charge in [0.25, 0.3) is 0 Å². The Balaban J connectivity index is 1.61. The zero-order valence-electron chi connectivity index (χ0n) is 15.0. The highest BCUT2D eigenvalue weighted by Gasteiger charge is 2.39. The smallest absolute Gasteiger partial charge is 0.240 e. The molecule has 3 rings (SSSR count). The van der Waals surface area contributed by atoms with Gasteiger partial charge in [-0.3, -0.25) is 4.79 Å². The maximum Gasteiger partial charge on any atom is 0.240 e. The minimum atomic E-state index is -0.0466. The molecule has 1 N–H and O–H groups in total. The molecule has 0 radical (unpaired) electrons. The summed E-state index contributed by atoms with van der Waals surface area (Å²) in [6.45, 7) is 8.65. The molecule has 0 aliphatic carbocycles. The van der Waals surface area contributed by atoms with Crippen LogP contribution in [0.1, 0.15) is 26.7 Å². The molecule has 1 aromatic carbocycles. The number of carbonyl (C=O) groups is 1. The molecule has 5 heteroatoms. The van der Waals surface area contributed by atoms with Gasteiger partial charge in [-0.05, 0) is 36.9 Å². The van der Waals surface area contributed by atoms with Crippen molar-refractivity contribution < 1.29 is 9.53 Å². The first-order valence-corrected chi connectivity index (χ1v) is 8.92. The second kappa shape index (κ2) is 7.01. The van der Waals surface area contributed by atoms with Gasteiger partial charge in [0.1, 0.15) is 5.75 Å². The highest BCUT2D eigenvalue weighted by molar-refractivity contribution is 5.83. The van der Waals surface area contributed by atoms with Crippen molar-refractivity contribution in [2.45, 2.75) is 32.7 Å². The van der Waals surface area contributed by atoms with E-state index in [1.807, 2.05) is 17.0 Å². The van der Waals surface area contributed by atoms with Crippen LogP contribution in [-0.4, -0.2) is 56.7 Å². The lowest BCUT2D eigenvalue weighted by atomic mass is 9.77. The van der Waals surface area contributed by atoms with Crippen LogP contribution >= 0.6 is 0 Å². The number of nitrogens with zero attached hydrogens (tertiary/aromatic N) is 2. The molecule has 2 saturated heterocycles. The fraction of sp³-hybridized carbons (Fsp3) is 0.632. The van der Waals surface area contributed by atoms with Crippen molar-refractivity contribution in [2.24, 2.45) is 5.41 Å². The van der Waals surface area contributed by atoms with Gasteiger partial charge in [-0.1, -0.05) is 19.9 Å². The highest BCUT2D eigenvalue weighted by atomic mass is 16.5. The molecule has 0 bridgehead atoms. The molecule has 1 atom stereocenters. The summed E-state index contributed by atoms with van der Waals surface area (Å²) in [6.07, 6.45) is 2.26. The van der Waals surface area contributed by atoms with E-state index >= 15 is 0 Å². The van der Waals surface area contributed by atoms with E-state index in [1.54, 1.807) is 7.11 Å². The van der Waals surface area contributed by atoms with E-state index in [-0.39, 0.29) is 17.4 Å². The van der Waals surface area contributed by atoms with E-state index in [9.17, 15) is 4.79 Å². The molecule has 0 saturated carbocycles. The number of ether oxygens (including phenoxy) is 1. The number of benzene rings is 1. The van der Waals surface area contributed by atoms with E-state index in [4.69, 9.17) is 4.74 Å². The molecule has 2 fully saturated rings. The maximum atomic E-state index is 12.9. The number of amides is 1. The minimum Gasteiger partial charge on any atom is -0.497 e. The van der Waals surface area contributed by atoms with Crippen LogP contribution in [0.4, 0.5) is 5.69 Å². The Kier molecular flexibility index (Phi) is 4.99. The van der Waals surface area contributed by atoms with Gasteiger partial charge < -0.3 is 19.9 Å². The summed E-state index contributed by atoms with van der Waals surface area (Å²) < 4.78 is 5.31. The van der Waals surface area contributed by atoms with Crippen LogP contribution in [0, 0.1) is 5.41 Å². The summed E-state index contributed by atoms with van der Waals surface area (Å²) in [7, 11) is 1.69. The van der Waals surface area contributed by atoms with Crippen molar-refractivity contribution in [3.63, 3.8) is 0 Å². The van der Waals surface area contributed by atoms with Gasteiger partial charge in [-0.2, -0.15) is 0 Å². The molecule has 1 aromatic rings. The molecule has 0 aromatic heterocycles. The predicted molar refractivity (Wildman–Crippen MR) is 96.6 cm³/mol. The lowest BCUT2D eigenvalue weighted by molar-refractivity contribution is -0.137. The molecule has 2 aliphatic heterocycles. The molecule has 0 spiro atoms. The Morgan fingerprint density at radius 1 is 1.25 bits per heavy atom. The van der Waals surface area contributed by atoms with E-state index in [2.05, 4.69) is 36.2 Å². The standard InChI is InChI=1S/C19H29N3O2/c1-19(2)8-5-9-20-17(19)18(23)22-12-10-21(11-13-22)15-6-4-7-16(14-15)24-3/h4,6-7,14,17,20H,5,8-13H2,1-3H3. The van der Waals surface area contributed by atoms with Gasteiger partial charge in [0.2, 0.25) is 5.91 Å². The summed E-state index contributed by atoms with van der Waals surface area (Å²) in [5.74, 6) is 1.14. The second-order valence-corrected chi connectivity index (χ2v) is 7.49. The second-order valence-electron chi connectivity index (χ2n) is 7.49. The third-order valence-electron chi connectivity index (χ3n) is 5.38. The third kappa shape index (κ3) is 3.51.